The van der Waals surface area contributed by atoms with Gasteiger partial charge < -0.3 is 9.52 Å². The predicted octanol–water partition coefficient (Wildman–Crippen LogP) is 15.7. The molecule has 0 amide bonds. The van der Waals surface area contributed by atoms with Crippen molar-refractivity contribution in [3.05, 3.63) is 156 Å². The first-order valence-electron chi connectivity index (χ1n) is 22.1. The third-order valence-corrected chi connectivity index (χ3v) is 12.5. The number of furan rings is 1. The minimum absolute atomic E-state index is 0. The van der Waals surface area contributed by atoms with E-state index in [-0.39, 0.29) is 48.5 Å². The summed E-state index contributed by atoms with van der Waals surface area (Å²) in [5.41, 5.74) is 14.4. The van der Waals surface area contributed by atoms with Crippen molar-refractivity contribution in [3.8, 4) is 56.3 Å². The maximum absolute atomic E-state index is 12.5. The zero-order chi connectivity index (χ0) is 44.8. The van der Waals surface area contributed by atoms with Gasteiger partial charge in [-0.25, -0.2) is 4.98 Å². The number of hydrogen-bond acceptors (Lipinski definition) is 4. The van der Waals surface area contributed by atoms with E-state index in [1.807, 2.05) is 30.5 Å². The zero-order valence-corrected chi connectivity index (χ0v) is 41.4. The monoisotopic (exact) mass is 1020 g/mol. The van der Waals surface area contributed by atoms with E-state index >= 15 is 0 Å². The zero-order valence-electron chi connectivity index (χ0n) is 39.1. The third-order valence-electron chi connectivity index (χ3n) is 12.5. The number of aromatic hydroxyl groups is 1. The smallest absolute Gasteiger partial charge is 0.148 e. The van der Waals surface area contributed by atoms with E-state index in [1.165, 1.54) is 5.56 Å². The number of benzene rings is 6. The number of hydrogen-bond donors (Lipinski definition) is 1. The van der Waals surface area contributed by atoms with Crippen molar-refractivity contribution in [2.45, 2.75) is 105 Å². The van der Waals surface area contributed by atoms with Crippen LogP contribution in [0.25, 0.3) is 83.6 Å². The molecular weight excluding hydrogens is 966 g/mol. The Bertz CT molecular complexity index is 3220. The van der Waals surface area contributed by atoms with Crippen LogP contribution in [0.15, 0.2) is 132 Å². The molecule has 3 aromatic heterocycles. The molecule has 64 heavy (non-hydrogen) atoms. The molecular formula is C58H58N3O2Pt-. The Morgan fingerprint density at radius 2 is 1.20 bits per heavy atom. The maximum atomic E-state index is 12.5. The molecule has 6 aromatic carbocycles. The molecule has 0 aliphatic heterocycles. The summed E-state index contributed by atoms with van der Waals surface area (Å²) in [6.45, 7) is 26.7. The standard InChI is InChI=1S/C58H58N3O2.Pt/c1-55(2,3)38-25-26-46(43(32-38)35-19-14-13-15-20-35)61-47-23-18-22-41(52(47)60-54(61)44-33-40(57(7,8)9)34-45(53(44)62)58(10,11)12)36-29-37(31-39(30-36)56(4,5)6)51-50-42-21-16-17-24-48(42)63-49(50)27-28-59-51;/h13-28,30-34,62H,1-12H3;/q-1;. The van der Waals surface area contributed by atoms with Gasteiger partial charge in [0.25, 0.3) is 0 Å². The van der Waals surface area contributed by atoms with Gasteiger partial charge in [-0.05, 0) is 74.7 Å². The molecule has 0 unspecified atom stereocenters. The Morgan fingerprint density at radius 3 is 1.89 bits per heavy atom. The average molecular weight is 1020 g/mol. The molecule has 5 nitrogen and oxygen atoms in total. The summed E-state index contributed by atoms with van der Waals surface area (Å²) in [5, 5.41) is 14.5. The summed E-state index contributed by atoms with van der Waals surface area (Å²) < 4.78 is 8.61. The van der Waals surface area contributed by atoms with Crippen LogP contribution in [0.3, 0.4) is 0 Å². The second kappa shape index (κ2) is 16.0. The summed E-state index contributed by atoms with van der Waals surface area (Å²) >= 11 is 0. The number of rotatable bonds is 5. The average Bonchev–Trinajstić information content (AvgIpc) is 3.81. The summed E-state index contributed by atoms with van der Waals surface area (Å²) in [6.07, 6.45) is 1.82. The fourth-order valence-electron chi connectivity index (χ4n) is 8.75. The minimum Gasteiger partial charge on any atom is -0.507 e. The summed E-state index contributed by atoms with van der Waals surface area (Å²) in [6, 6.07) is 46.6. The third kappa shape index (κ3) is 8.02. The van der Waals surface area contributed by atoms with Gasteiger partial charge in [-0.3, -0.25) is 9.55 Å². The maximum Gasteiger partial charge on any atom is 0.148 e. The van der Waals surface area contributed by atoms with E-state index in [9.17, 15) is 5.11 Å². The molecule has 0 spiro atoms. The molecule has 0 fully saturated rings. The van der Waals surface area contributed by atoms with E-state index in [2.05, 4.69) is 191 Å². The summed E-state index contributed by atoms with van der Waals surface area (Å²) in [5.74, 6) is 0.923. The van der Waals surface area contributed by atoms with E-state index < -0.39 is 0 Å². The van der Waals surface area contributed by atoms with Crippen LogP contribution in [-0.4, -0.2) is 19.6 Å². The topological polar surface area (TPSA) is 64.1 Å². The van der Waals surface area contributed by atoms with Gasteiger partial charge in [0.15, 0.2) is 0 Å². The van der Waals surface area contributed by atoms with Crippen LogP contribution in [0.2, 0.25) is 0 Å². The molecule has 0 saturated heterocycles. The number of phenolic OH excluding ortho intramolecular Hbond substituents is 1. The van der Waals surface area contributed by atoms with Crippen LogP contribution in [0.5, 0.6) is 5.75 Å². The second-order valence-corrected chi connectivity index (χ2v) is 21.3. The van der Waals surface area contributed by atoms with Crippen molar-refractivity contribution in [3.63, 3.8) is 0 Å². The number of para-hydroxylation sites is 2. The van der Waals surface area contributed by atoms with Crippen molar-refractivity contribution >= 4 is 33.0 Å². The number of imidazole rings is 1. The van der Waals surface area contributed by atoms with Crippen LogP contribution in [0.1, 0.15) is 105 Å². The number of aromatic nitrogens is 3. The molecule has 0 bridgehead atoms. The fraction of sp³-hybridized carbons (Fsp3) is 0.276. The largest absolute Gasteiger partial charge is 0.507 e. The molecule has 3 heterocycles. The predicted molar refractivity (Wildman–Crippen MR) is 263 cm³/mol. The van der Waals surface area contributed by atoms with Crippen molar-refractivity contribution in [2.24, 2.45) is 0 Å². The van der Waals surface area contributed by atoms with Gasteiger partial charge in [0.1, 0.15) is 22.7 Å². The summed E-state index contributed by atoms with van der Waals surface area (Å²) in [7, 11) is 0. The molecule has 1 N–H and O–H groups in total. The Hall–Kier alpha value is -5.77. The molecule has 6 heteroatoms. The Balaban J connectivity index is 0.00000560. The molecule has 0 aliphatic carbocycles. The number of nitrogens with zero attached hydrogens (tertiary/aromatic N) is 3. The molecule has 0 atom stereocenters. The first-order chi connectivity index (χ1) is 29.7. The molecule has 0 radical (unpaired) electrons. The van der Waals surface area contributed by atoms with Gasteiger partial charge >= 0.3 is 0 Å². The molecule has 9 rings (SSSR count). The SMILES string of the molecule is CC(C)(C)c1cc(-c2cccc3c2nc(-c2cc(C(C)(C)C)cc(C(C)(C)C)c2O)n3-c2ccc(C(C)(C)C)cc2-c2ccccc2)[c-]c(-c2nccc3oc4ccccc4c23)c1.[Pt]. The van der Waals surface area contributed by atoms with Gasteiger partial charge in [-0.15, -0.1) is 29.3 Å². The Kier molecular flexibility index (Phi) is 11.2. The van der Waals surface area contributed by atoms with E-state index in [4.69, 9.17) is 14.4 Å². The van der Waals surface area contributed by atoms with Crippen molar-refractivity contribution in [1.82, 2.24) is 14.5 Å². The van der Waals surface area contributed by atoms with Gasteiger partial charge in [0, 0.05) is 54.9 Å². The van der Waals surface area contributed by atoms with Crippen LogP contribution in [0.4, 0.5) is 0 Å². The first kappa shape index (κ1) is 44.8. The first-order valence-corrected chi connectivity index (χ1v) is 22.1. The Labute approximate surface area is 392 Å². The quantitative estimate of drug-likeness (QED) is 0.175. The van der Waals surface area contributed by atoms with Gasteiger partial charge in [-0.1, -0.05) is 167 Å². The van der Waals surface area contributed by atoms with Crippen LogP contribution >= 0.6 is 0 Å². The second-order valence-electron chi connectivity index (χ2n) is 21.3. The van der Waals surface area contributed by atoms with Crippen molar-refractivity contribution in [2.75, 3.05) is 0 Å². The van der Waals surface area contributed by atoms with E-state index in [0.717, 1.165) is 88.9 Å². The number of fused-ring (bicyclic) bond motifs is 4. The molecule has 0 aliphatic rings. The normalized spacial score (nSPS) is 12.6. The number of pyridine rings is 1. The Morgan fingerprint density at radius 1 is 0.562 bits per heavy atom. The van der Waals surface area contributed by atoms with Gasteiger partial charge in [0.2, 0.25) is 0 Å². The van der Waals surface area contributed by atoms with Crippen LogP contribution in [-0.2, 0) is 42.7 Å². The van der Waals surface area contributed by atoms with Crippen molar-refractivity contribution in [1.29, 1.82) is 0 Å². The minimum atomic E-state index is -0.332. The van der Waals surface area contributed by atoms with E-state index in [1.54, 1.807) is 0 Å². The van der Waals surface area contributed by atoms with Crippen LogP contribution in [0, 0.1) is 6.07 Å². The molecule has 328 valence electrons. The molecule has 0 saturated carbocycles. The number of phenols is 1. The fourth-order valence-corrected chi connectivity index (χ4v) is 8.75. The van der Waals surface area contributed by atoms with Gasteiger partial charge in [-0.2, -0.15) is 0 Å². The van der Waals surface area contributed by atoms with E-state index in [0.29, 0.717) is 11.4 Å². The van der Waals surface area contributed by atoms with Gasteiger partial charge in [0.05, 0.1) is 22.3 Å². The summed E-state index contributed by atoms with van der Waals surface area (Å²) in [4.78, 5) is 10.7. The van der Waals surface area contributed by atoms with Crippen molar-refractivity contribution < 1.29 is 30.6 Å². The molecule has 9 aromatic rings. The van der Waals surface area contributed by atoms with Crippen LogP contribution < -0.4 is 0 Å².